The van der Waals surface area contributed by atoms with Crippen LogP contribution in [-0.4, -0.2) is 66.8 Å². The maximum atomic E-state index is 14.7. The summed E-state index contributed by atoms with van der Waals surface area (Å²) >= 11 is 0. The second-order valence-electron chi connectivity index (χ2n) is 9.67. The van der Waals surface area contributed by atoms with Crippen LogP contribution in [0.25, 0.3) is 11.4 Å². The molecule has 12 heteroatoms. The lowest BCUT2D eigenvalue weighted by Gasteiger charge is -2.39. The van der Waals surface area contributed by atoms with Crippen LogP contribution in [0.3, 0.4) is 0 Å². The summed E-state index contributed by atoms with van der Waals surface area (Å²) in [5.74, 6) is -3.18. The first-order chi connectivity index (χ1) is 17.8. The second kappa shape index (κ2) is 12.0. The van der Waals surface area contributed by atoms with Crippen molar-refractivity contribution in [2.45, 2.75) is 57.5 Å². The van der Waals surface area contributed by atoms with Crippen molar-refractivity contribution in [1.82, 2.24) is 19.7 Å². The zero-order chi connectivity index (χ0) is 28.2. The van der Waals surface area contributed by atoms with Crippen molar-refractivity contribution in [3.63, 3.8) is 0 Å². The standard InChI is InChI=1S/C26H31F4N5O3/c1-15(36)25(37)34(10-9-19(31)13-27)22(26(2,3)38)24-32-23(20-12-18(29)7-8-21(20)30)33-35(24)14-16-5-4-6-17(28)11-16/h4-8,11-12,15,19,22,36,38H,9-10,13-14,31H2,1-3H3. The van der Waals surface area contributed by atoms with Crippen molar-refractivity contribution in [3.05, 3.63) is 71.3 Å². The Hall–Kier alpha value is -3.35. The highest BCUT2D eigenvalue weighted by atomic mass is 19.1. The minimum atomic E-state index is -1.73. The van der Waals surface area contributed by atoms with E-state index in [-0.39, 0.29) is 36.7 Å². The summed E-state index contributed by atoms with van der Waals surface area (Å²) in [5, 5.41) is 25.6. The molecule has 0 fully saturated rings. The van der Waals surface area contributed by atoms with Gasteiger partial charge in [0.1, 0.15) is 36.3 Å². The Bertz CT molecular complexity index is 1260. The number of benzene rings is 2. The molecule has 3 rings (SSSR count). The van der Waals surface area contributed by atoms with Crippen LogP contribution in [-0.2, 0) is 11.3 Å². The maximum Gasteiger partial charge on any atom is 0.251 e. The van der Waals surface area contributed by atoms with Crippen molar-refractivity contribution in [2.24, 2.45) is 5.73 Å². The fourth-order valence-electron chi connectivity index (χ4n) is 4.09. The molecule has 0 radical (unpaired) electrons. The van der Waals surface area contributed by atoms with Gasteiger partial charge in [0, 0.05) is 12.6 Å². The molecule has 3 atom stereocenters. The summed E-state index contributed by atoms with van der Waals surface area (Å²) in [7, 11) is 0. The molecule has 1 amide bonds. The topological polar surface area (TPSA) is 118 Å². The van der Waals surface area contributed by atoms with E-state index < -0.39 is 53.8 Å². The van der Waals surface area contributed by atoms with Gasteiger partial charge in [0.2, 0.25) is 0 Å². The van der Waals surface area contributed by atoms with Crippen LogP contribution in [0.4, 0.5) is 17.6 Å². The van der Waals surface area contributed by atoms with Gasteiger partial charge in [0.05, 0.1) is 17.7 Å². The number of amides is 1. The third kappa shape index (κ3) is 6.94. The summed E-state index contributed by atoms with van der Waals surface area (Å²) in [6.45, 7) is 2.88. The molecule has 8 nitrogen and oxygen atoms in total. The van der Waals surface area contributed by atoms with E-state index in [4.69, 9.17) is 5.73 Å². The van der Waals surface area contributed by atoms with Crippen LogP contribution in [0.15, 0.2) is 42.5 Å². The molecule has 0 aliphatic heterocycles. The molecule has 1 heterocycles. The molecule has 3 aromatic rings. The first-order valence-corrected chi connectivity index (χ1v) is 12.0. The molecule has 0 spiro atoms. The van der Waals surface area contributed by atoms with Crippen LogP contribution < -0.4 is 5.73 Å². The number of nitrogens with two attached hydrogens (primary N) is 1. The normalized spacial score (nSPS) is 14.3. The van der Waals surface area contributed by atoms with Crippen LogP contribution in [0, 0.1) is 17.5 Å². The summed E-state index contributed by atoms with van der Waals surface area (Å²) in [6.07, 6.45) is -1.51. The van der Waals surface area contributed by atoms with E-state index in [9.17, 15) is 32.6 Å². The SMILES string of the molecule is CC(O)C(=O)N(CCC(N)CF)C(c1nc(-c2cc(F)ccc2F)nn1Cc1cccc(F)c1)C(C)(C)O. The van der Waals surface area contributed by atoms with E-state index in [1.165, 1.54) is 43.7 Å². The first-order valence-electron chi connectivity index (χ1n) is 12.0. The molecule has 0 bridgehead atoms. The molecule has 0 aliphatic carbocycles. The Kier molecular flexibility index (Phi) is 9.23. The molecule has 0 saturated carbocycles. The highest BCUT2D eigenvalue weighted by Crippen LogP contribution is 2.34. The number of carbonyl (C=O) groups is 1. The number of nitrogens with zero attached hydrogens (tertiary/aromatic N) is 4. The van der Waals surface area contributed by atoms with Gasteiger partial charge in [-0.25, -0.2) is 27.2 Å². The number of hydrogen-bond donors (Lipinski definition) is 3. The lowest BCUT2D eigenvalue weighted by atomic mass is 9.95. The van der Waals surface area contributed by atoms with Gasteiger partial charge in [-0.3, -0.25) is 4.79 Å². The van der Waals surface area contributed by atoms with Gasteiger partial charge in [-0.1, -0.05) is 12.1 Å². The number of halogens is 4. The van der Waals surface area contributed by atoms with Crippen molar-refractivity contribution >= 4 is 5.91 Å². The Labute approximate surface area is 217 Å². The largest absolute Gasteiger partial charge is 0.388 e. The smallest absolute Gasteiger partial charge is 0.251 e. The molecule has 1 aromatic heterocycles. The average molecular weight is 538 g/mol. The lowest BCUT2D eigenvalue weighted by molar-refractivity contribution is -0.148. The van der Waals surface area contributed by atoms with Gasteiger partial charge < -0.3 is 20.8 Å². The van der Waals surface area contributed by atoms with Gasteiger partial charge in [0.25, 0.3) is 5.91 Å². The summed E-state index contributed by atoms with van der Waals surface area (Å²) < 4.78 is 56.9. The van der Waals surface area contributed by atoms with Gasteiger partial charge in [-0.05, 0) is 63.1 Å². The van der Waals surface area contributed by atoms with Crippen molar-refractivity contribution in [2.75, 3.05) is 13.2 Å². The van der Waals surface area contributed by atoms with E-state index in [1.807, 2.05) is 0 Å². The third-order valence-corrected chi connectivity index (χ3v) is 5.90. The Morgan fingerprint density at radius 3 is 2.45 bits per heavy atom. The van der Waals surface area contributed by atoms with Gasteiger partial charge in [0.15, 0.2) is 11.6 Å². The number of alkyl halides is 1. The molecule has 0 aliphatic rings. The molecule has 4 N–H and O–H groups in total. The van der Waals surface area contributed by atoms with Crippen LogP contribution in [0.1, 0.15) is 44.6 Å². The first kappa shape index (κ1) is 29.2. The number of aliphatic hydroxyl groups is 2. The number of hydrogen-bond acceptors (Lipinski definition) is 6. The maximum absolute atomic E-state index is 14.7. The van der Waals surface area contributed by atoms with Crippen molar-refractivity contribution < 1.29 is 32.6 Å². The highest BCUT2D eigenvalue weighted by molar-refractivity contribution is 5.80. The summed E-state index contributed by atoms with van der Waals surface area (Å²) in [5.41, 5.74) is 4.15. The molecule has 0 saturated heterocycles. The van der Waals surface area contributed by atoms with E-state index >= 15 is 0 Å². The van der Waals surface area contributed by atoms with E-state index in [2.05, 4.69) is 10.1 Å². The van der Waals surface area contributed by atoms with E-state index in [0.29, 0.717) is 5.56 Å². The number of carbonyl (C=O) groups excluding carboxylic acids is 1. The molecule has 3 unspecified atom stereocenters. The fourth-order valence-corrected chi connectivity index (χ4v) is 4.09. The lowest BCUT2D eigenvalue weighted by Crippen LogP contribution is -2.50. The quantitative estimate of drug-likeness (QED) is 0.324. The molecule has 206 valence electrons. The van der Waals surface area contributed by atoms with Gasteiger partial charge in [-0.15, -0.1) is 0 Å². The molecule has 38 heavy (non-hydrogen) atoms. The predicted octanol–water partition coefficient (Wildman–Crippen LogP) is 3.12. The Morgan fingerprint density at radius 1 is 1.16 bits per heavy atom. The minimum absolute atomic E-state index is 0.00897. The van der Waals surface area contributed by atoms with Crippen molar-refractivity contribution in [3.8, 4) is 11.4 Å². The second-order valence-corrected chi connectivity index (χ2v) is 9.67. The molecule has 2 aromatic carbocycles. The predicted molar refractivity (Wildman–Crippen MR) is 132 cm³/mol. The molecular formula is C26H31F4N5O3. The monoisotopic (exact) mass is 537 g/mol. The van der Waals surface area contributed by atoms with Crippen LogP contribution in [0.2, 0.25) is 0 Å². The summed E-state index contributed by atoms with van der Waals surface area (Å²) in [4.78, 5) is 18.6. The Morgan fingerprint density at radius 2 is 1.84 bits per heavy atom. The van der Waals surface area contributed by atoms with E-state index in [0.717, 1.165) is 23.1 Å². The number of aromatic nitrogens is 3. The van der Waals surface area contributed by atoms with Crippen molar-refractivity contribution in [1.29, 1.82) is 0 Å². The van der Waals surface area contributed by atoms with Gasteiger partial charge in [-0.2, -0.15) is 5.10 Å². The van der Waals surface area contributed by atoms with E-state index in [1.54, 1.807) is 6.07 Å². The number of rotatable bonds is 11. The van der Waals surface area contributed by atoms with Crippen LogP contribution in [0.5, 0.6) is 0 Å². The minimum Gasteiger partial charge on any atom is -0.388 e. The average Bonchev–Trinajstić information content (AvgIpc) is 3.23. The van der Waals surface area contributed by atoms with Crippen LogP contribution >= 0.6 is 0 Å². The van der Waals surface area contributed by atoms with Gasteiger partial charge >= 0.3 is 0 Å². The Balaban J connectivity index is 2.22. The zero-order valence-corrected chi connectivity index (χ0v) is 21.3. The number of aliphatic hydroxyl groups excluding tert-OH is 1. The highest BCUT2D eigenvalue weighted by Gasteiger charge is 2.41. The summed E-state index contributed by atoms with van der Waals surface area (Å²) in [6, 6.07) is 6.10. The third-order valence-electron chi connectivity index (χ3n) is 5.90. The zero-order valence-electron chi connectivity index (χ0n) is 21.3. The molecular weight excluding hydrogens is 506 g/mol. The fraction of sp³-hybridized carbons (Fsp3) is 0.423.